The first-order chi connectivity index (χ1) is 5.13. The molecule has 0 rings (SSSR count). The third-order valence-corrected chi connectivity index (χ3v) is 1.18. The lowest BCUT2D eigenvalue weighted by Crippen LogP contribution is -2.41. The first-order valence-corrected chi connectivity index (χ1v) is 3.79. The summed E-state index contributed by atoms with van der Waals surface area (Å²) >= 11 is 0. The molecule has 0 bridgehead atoms. The third kappa shape index (κ3) is 5.04. The number of rotatable bonds is 2. The Hall–Kier alpha value is -0.670. The number of carbonyl (C=O) groups is 1. The Bertz CT molecular complexity index is 167. The smallest absolute Gasteiger partial charge is 0.321 e. The van der Waals surface area contributed by atoms with E-state index in [1.54, 1.807) is 0 Å². The van der Waals surface area contributed by atoms with Crippen LogP contribution in [0.1, 0.15) is 27.7 Å². The Morgan fingerprint density at radius 2 is 1.67 bits per heavy atom. The zero-order chi connectivity index (χ0) is 9.99. The van der Waals surface area contributed by atoms with Crippen molar-refractivity contribution in [2.24, 2.45) is 5.41 Å². The fourth-order valence-electron chi connectivity index (χ4n) is 0.501. The van der Waals surface area contributed by atoms with E-state index in [1.807, 2.05) is 20.8 Å². The van der Waals surface area contributed by atoms with Gasteiger partial charge in [0.2, 0.25) is 0 Å². The molecule has 12 heavy (non-hydrogen) atoms. The van der Waals surface area contributed by atoms with Crippen LogP contribution in [0.3, 0.4) is 0 Å². The van der Waals surface area contributed by atoms with Crippen LogP contribution in [0.4, 0.5) is 8.78 Å². The molecule has 0 fully saturated rings. The molecule has 1 N–H and O–H groups in total. The summed E-state index contributed by atoms with van der Waals surface area (Å²) in [5, 5.41) is 2.17. The summed E-state index contributed by atoms with van der Waals surface area (Å²) in [4.78, 5) is 10.7. The van der Waals surface area contributed by atoms with Gasteiger partial charge in [0.15, 0.2) is 0 Å². The van der Waals surface area contributed by atoms with E-state index in [1.165, 1.54) is 0 Å². The molecule has 0 atom stereocenters. The minimum absolute atomic E-state index is 0.166. The van der Waals surface area contributed by atoms with Crippen molar-refractivity contribution in [1.82, 2.24) is 5.32 Å². The summed E-state index contributed by atoms with van der Waals surface area (Å²) in [6, 6.07) is 0. The van der Waals surface area contributed by atoms with Gasteiger partial charge in [0, 0.05) is 13.5 Å². The predicted octanol–water partition coefficient (Wildman–Crippen LogP) is 1.80. The number of hydrogen-bond acceptors (Lipinski definition) is 1. The van der Waals surface area contributed by atoms with E-state index in [0.717, 1.165) is 0 Å². The van der Waals surface area contributed by atoms with Gasteiger partial charge in [0.05, 0.1) is 0 Å². The normalized spacial score (nSPS) is 12.8. The highest BCUT2D eigenvalue weighted by Crippen LogP contribution is 2.14. The van der Waals surface area contributed by atoms with E-state index < -0.39 is 11.8 Å². The van der Waals surface area contributed by atoms with Gasteiger partial charge in [-0.05, 0) is 5.41 Å². The van der Waals surface area contributed by atoms with Crippen LogP contribution < -0.4 is 5.32 Å². The third-order valence-electron chi connectivity index (χ3n) is 1.18. The van der Waals surface area contributed by atoms with Crippen LogP contribution in [0.25, 0.3) is 0 Å². The summed E-state index contributed by atoms with van der Waals surface area (Å²) in [6.45, 7) is 6.43. The summed E-state index contributed by atoms with van der Waals surface area (Å²) in [5.41, 5.74) is -0.166. The molecule has 0 aromatic rings. The van der Waals surface area contributed by atoms with Crippen LogP contribution in [0.15, 0.2) is 0 Å². The largest absolute Gasteiger partial charge is 0.350 e. The lowest BCUT2D eigenvalue weighted by Gasteiger charge is -2.20. The van der Waals surface area contributed by atoms with E-state index in [-0.39, 0.29) is 12.0 Å². The zero-order valence-electron chi connectivity index (χ0n) is 7.87. The molecular formula is C8H15F2NO. The highest BCUT2D eigenvalue weighted by molar-refractivity contribution is 5.82. The first kappa shape index (κ1) is 11.3. The van der Waals surface area contributed by atoms with E-state index in [2.05, 4.69) is 5.32 Å². The minimum atomic E-state index is -3.27. The van der Waals surface area contributed by atoms with Gasteiger partial charge in [0.1, 0.15) is 0 Å². The molecule has 4 heteroatoms. The maximum Gasteiger partial charge on any atom is 0.321 e. The number of nitrogens with one attached hydrogen (secondary N) is 1. The number of carbonyl (C=O) groups excluding carboxylic acids is 1. The lowest BCUT2D eigenvalue weighted by atomic mass is 9.97. The van der Waals surface area contributed by atoms with Crippen molar-refractivity contribution >= 4 is 5.91 Å². The van der Waals surface area contributed by atoms with E-state index in [9.17, 15) is 13.6 Å². The molecule has 0 radical (unpaired) electrons. The Balaban J connectivity index is 3.90. The highest BCUT2D eigenvalue weighted by atomic mass is 19.3. The topological polar surface area (TPSA) is 29.1 Å². The monoisotopic (exact) mass is 179 g/mol. The van der Waals surface area contributed by atoms with Gasteiger partial charge in [-0.2, -0.15) is 8.78 Å². The van der Waals surface area contributed by atoms with Crippen LogP contribution >= 0.6 is 0 Å². The van der Waals surface area contributed by atoms with E-state index in [4.69, 9.17) is 0 Å². The second kappa shape index (κ2) is 3.37. The van der Waals surface area contributed by atoms with E-state index in [0.29, 0.717) is 6.92 Å². The van der Waals surface area contributed by atoms with E-state index >= 15 is 0 Å². The van der Waals surface area contributed by atoms with Gasteiger partial charge in [0.25, 0.3) is 5.91 Å². The minimum Gasteiger partial charge on any atom is -0.350 e. The van der Waals surface area contributed by atoms with Crippen LogP contribution in [-0.2, 0) is 4.79 Å². The average molecular weight is 179 g/mol. The van der Waals surface area contributed by atoms with Crippen molar-refractivity contribution in [1.29, 1.82) is 0 Å². The van der Waals surface area contributed by atoms with Crippen LogP contribution in [0.5, 0.6) is 0 Å². The molecule has 0 saturated carbocycles. The molecular weight excluding hydrogens is 164 g/mol. The fraction of sp³-hybridized carbons (Fsp3) is 0.875. The molecule has 1 amide bonds. The molecule has 0 unspecified atom stereocenters. The van der Waals surface area contributed by atoms with Crippen molar-refractivity contribution in [3.63, 3.8) is 0 Å². The second-order valence-corrected chi connectivity index (χ2v) is 4.13. The second-order valence-electron chi connectivity index (χ2n) is 4.13. The standard InChI is InChI=1S/C8H15F2NO/c1-7(2,3)5-11-6(12)8(4,9)10/h5H2,1-4H3,(H,11,12). The van der Waals surface area contributed by atoms with Crippen LogP contribution in [0, 0.1) is 5.41 Å². The van der Waals surface area contributed by atoms with Crippen LogP contribution in [0.2, 0.25) is 0 Å². The summed E-state index contributed by atoms with van der Waals surface area (Å²) < 4.78 is 24.6. The number of halogens is 2. The number of hydrogen-bond donors (Lipinski definition) is 1. The Morgan fingerprint density at radius 1 is 1.25 bits per heavy atom. The van der Waals surface area contributed by atoms with Crippen molar-refractivity contribution in [3.05, 3.63) is 0 Å². The number of alkyl halides is 2. The molecule has 0 aromatic carbocycles. The lowest BCUT2D eigenvalue weighted by molar-refractivity contribution is -0.143. The molecule has 0 heterocycles. The summed E-state index contributed by atoms with van der Waals surface area (Å²) in [7, 11) is 0. The molecule has 0 aliphatic heterocycles. The van der Waals surface area contributed by atoms with Gasteiger partial charge in [-0.25, -0.2) is 0 Å². The maximum absolute atomic E-state index is 12.3. The molecule has 0 aromatic heterocycles. The van der Waals surface area contributed by atoms with Gasteiger partial charge in [-0.3, -0.25) is 4.79 Å². The molecule has 72 valence electrons. The number of amides is 1. The van der Waals surface area contributed by atoms with Gasteiger partial charge >= 0.3 is 5.92 Å². The zero-order valence-corrected chi connectivity index (χ0v) is 7.87. The van der Waals surface area contributed by atoms with Crippen LogP contribution in [-0.4, -0.2) is 18.4 Å². The average Bonchev–Trinajstić information content (AvgIpc) is 1.78. The highest BCUT2D eigenvalue weighted by Gasteiger charge is 2.32. The van der Waals surface area contributed by atoms with Crippen molar-refractivity contribution < 1.29 is 13.6 Å². The summed E-state index contributed by atoms with van der Waals surface area (Å²) in [5.74, 6) is -4.48. The quantitative estimate of drug-likeness (QED) is 0.688. The van der Waals surface area contributed by atoms with Gasteiger partial charge < -0.3 is 5.32 Å². The maximum atomic E-state index is 12.3. The first-order valence-electron chi connectivity index (χ1n) is 3.79. The SMILES string of the molecule is CC(C)(C)CNC(=O)C(C)(F)F. The fourth-order valence-corrected chi connectivity index (χ4v) is 0.501. The molecule has 0 aliphatic carbocycles. The molecule has 0 spiro atoms. The van der Waals surface area contributed by atoms with Gasteiger partial charge in [-0.1, -0.05) is 20.8 Å². The van der Waals surface area contributed by atoms with Gasteiger partial charge in [-0.15, -0.1) is 0 Å². The Morgan fingerprint density at radius 3 is 1.92 bits per heavy atom. The predicted molar refractivity (Wildman–Crippen MR) is 43.1 cm³/mol. The van der Waals surface area contributed by atoms with Crippen molar-refractivity contribution in [3.8, 4) is 0 Å². The molecule has 2 nitrogen and oxygen atoms in total. The van der Waals surface area contributed by atoms with Crippen molar-refractivity contribution in [2.75, 3.05) is 6.54 Å². The Labute approximate surface area is 71.3 Å². The molecule has 0 saturated heterocycles. The molecule has 0 aliphatic rings. The summed E-state index contributed by atoms with van der Waals surface area (Å²) in [6.07, 6.45) is 0. The Kier molecular flexibility index (Phi) is 3.18. The van der Waals surface area contributed by atoms with Crippen molar-refractivity contribution in [2.45, 2.75) is 33.6 Å².